The summed E-state index contributed by atoms with van der Waals surface area (Å²) in [4.78, 5) is 16.3. The Kier molecular flexibility index (Phi) is 3.59. The summed E-state index contributed by atoms with van der Waals surface area (Å²) < 4.78 is 53.7. The van der Waals surface area contributed by atoms with Gasteiger partial charge >= 0.3 is 0 Å². The summed E-state index contributed by atoms with van der Waals surface area (Å²) in [5.41, 5.74) is -0.0285. The van der Waals surface area contributed by atoms with Crippen LogP contribution in [0.2, 0.25) is 0 Å². The topological polar surface area (TPSA) is 75.6 Å². The molecule has 0 saturated heterocycles. The predicted octanol–water partition coefficient (Wildman–Crippen LogP) is 3.29. The van der Waals surface area contributed by atoms with E-state index in [0.717, 1.165) is 19.2 Å². The van der Waals surface area contributed by atoms with E-state index in [1.54, 1.807) is 0 Å². The lowest BCUT2D eigenvalue weighted by Gasteiger charge is -2.10. The summed E-state index contributed by atoms with van der Waals surface area (Å²) in [6.07, 6.45) is 4.63. The van der Waals surface area contributed by atoms with Crippen molar-refractivity contribution in [2.75, 3.05) is 10.6 Å². The average molecular weight is 350 g/mol. The van der Waals surface area contributed by atoms with Gasteiger partial charge in [-0.1, -0.05) is 0 Å². The van der Waals surface area contributed by atoms with Crippen LogP contribution in [0, 0.1) is 23.3 Å². The third-order valence-corrected chi connectivity index (χ3v) is 3.64. The number of rotatable bonds is 4. The molecule has 3 aromatic rings. The van der Waals surface area contributed by atoms with E-state index in [0.29, 0.717) is 23.6 Å². The van der Waals surface area contributed by atoms with Crippen LogP contribution in [0.1, 0.15) is 12.8 Å². The summed E-state index contributed by atoms with van der Waals surface area (Å²) in [6.45, 7) is 0. The molecule has 0 atom stereocenters. The number of nitrogens with zero attached hydrogens (tertiary/aromatic N) is 4. The molecule has 0 bridgehead atoms. The van der Waals surface area contributed by atoms with Gasteiger partial charge in [0, 0.05) is 12.1 Å². The Bertz CT molecular complexity index is 976. The van der Waals surface area contributed by atoms with E-state index in [9.17, 15) is 17.6 Å². The van der Waals surface area contributed by atoms with Crippen molar-refractivity contribution in [1.29, 1.82) is 0 Å². The van der Waals surface area contributed by atoms with Crippen molar-refractivity contribution in [3.8, 4) is 0 Å². The molecule has 1 saturated carbocycles. The summed E-state index contributed by atoms with van der Waals surface area (Å²) in [5, 5.41) is 5.52. The molecule has 10 heteroatoms. The molecule has 1 aromatic carbocycles. The Morgan fingerprint density at radius 1 is 0.960 bits per heavy atom. The van der Waals surface area contributed by atoms with Crippen LogP contribution in [-0.4, -0.2) is 26.0 Å². The summed E-state index contributed by atoms with van der Waals surface area (Å²) in [6, 6.07) is 0.808. The molecule has 0 radical (unpaired) electrons. The Labute approximate surface area is 138 Å². The Morgan fingerprint density at radius 2 is 1.76 bits per heavy atom. The van der Waals surface area contributed by atoms with Crippen molar-refractivity contribution in [3.63, 3.8) is 0 Å². The van der Waals surface area contributed by atoms with Gasteiger partial charge in [0.1, 0.15) is 17.4 Å². The zero-order valence-electron chi connectivity index (χ0n) is 12.5. The lowest BCUT2D eigenvalue weighted by atomic mass is 10.2. The second-order valence-electron chi connectivity index (χ2n) is 5.54. The van der Waals surface area contributed by atoms with Gasteiger partial charge in [-0.05, 0) is 12.8 Å². The first-order chi connectivity index (χ1) is 12.0. The average Bonchev–Trinajstić information content (AvgIpc) is 3.42. The van der Waals surface area contributed by atoms with Crippen LogP contribution >= 0.6 is 0 Å². The number of nitrogens with one attached hydrogen (secondary N) is 2. The molecule has 25 heavy (non-hydrogen) atoms. The fourth-order valence-electron chi connectivity index (χ4n) is 2.22. The number of hydrogen-bond acceptors (Lipinski definition) is 6. The lowest BCUT2D eigenvalue weighted by Crippen LogP contribution is -2.07. The highest BCUT2D eigenvalue weighted by Crippen LogP contribution is 2.28. The maximum atomic E-state index is 13.9. The first-order valence-electron chi connectivity index (χ1n) is 7.37. The highest BCUT2D eigenvalue weighted by molar-refractivity contribution is 5.87. The first-order valence-corrected chi connectivity index (χ1v) is 7.37. The van der Waals surface area contributed by atoms with Crippen LogP contribution in [0.5, 0.6) is 0 Å². The molecule has 128 valence electrons. The highest BCUT2D eigenvalue weighted by Gasteiger charge is 2.23. The number of aromatic nitrogens is 4. The van der Waals surface area contributed by atoms with Gasteiger partial charge in [-0.15, -0.1) is 0 Å². The SMILES string of the molecule is Fc1cc(Nc2ncnc3cnc(NC4CC4)nc23)c(F)c(F)c1F. The number of hydrogen-bond donors (Lipinski definition) is 2. The molecular formula is C15H10F4N6. The van der Waals surface area contributed by atoms with E-state index in [1.807, 2.05) is 0 Å². The summed E-state index contributed by atoms with van der Waals surface area (Å²) in [5.74, 6) is -6.53. The Balaban J connectivity index is 1.76. The third-order valence-electron chi connectivity index (χ3n) is 3.64. The quantitative estimate of drug-likeness (QED) is 0.427. The number of fused-ring (bicyclic) bond motifs is 1. The molecule has 4 rings (SSSR count). The van der Waals surface area contributed by atoms with E-state index in [1.165, 1.54) is 6.20 Å². The summed E-state index contributed by atoms with van der Waals surface area (Å²) in [7, 11) is 0. The minimum Gasteiger partial charge on any atom is -0.351 e. The molecule has 2 N–H and O–H groups in total. The normalized spacial score (nSPS) is 13.9. The molecule has 0 aliphatic heterocycles. The molecule has 1 aliphatic rings. The minimum absolute atomic E-state index is 0.00977. The first kappa shape index (κ1) is 15.5. The van der Waals surface area contributed by atoms with Crippen molar-refractivity contribution in [2.45, 2.75) is 18.9 Å². The lowest BCUT2D eigenvalue weighted by molar-refractivity contribution is 0.411. The molecule has 2 heterocycles. The van der Waals surface area contributed by atoms with Crippen LogP contribution < -0.4 is 10.6 Å². The third kappa shape index (κ3) is 2.90. The molecule has 2 aromatic heterocycles. The van der Waals surface area contributed by atoms with Crippen molar-refractivity contribution in [3.05, 3.63) is 41.9 Å². The van der Waals surface area contributed by atoms with Gasteiger partial charge in [0.15, 0.2) is 29.1 Å². The van der Waals surface area contributed by atoms with Crippen LogP contribution in [0.25, 0.3) is 11.0 Å². The maximum absolute atomic E-state index is 13.9. The van der Waals surface area contributed by atoms with Crippen LogP contribution in [0.3, 0.4) is 0 Å². The molecule has 1 aliphatic carbocycles. The van der Waals surface area contributed by atoms with Gasteiger partial charge in [0.2, 0.25) is 5.95 Å². The van der Waals surface area contributed by atoms with E-state index in [-0.39, 0.29) is 11.3 Å². The zero-order valence-corrected chi connectivity index (χ0v) is 12.5. The molecule has 0 unspecified atom stereocenters. The van der Waals surface area contributed by atoms with Crippen LogP contribution in [-0.2, 0) is 0 Å². The second-order valence-corrected chi connectivity index (χ2v) is 5.54. The van der Waals surface area contributed by atoms with Crippen molar-refractivity contribution in [2.24, 2.45) is 0 Å². The van der Waals surface area contributed by atoms with E-state index in [2.05, 4.69) is 30.6 Å². The maximum Gasteiger partial charge on any atom is 0.223 e. The smallest absolute Gasteiger partial charge is 0.223 e. The van der Waals surface area contributed by atoms with Gasteiger partial charge in [0.25, 0.3) is 0 Å². The number of anilines is 3. The van der Waals surface area contributed by atoms with Crippen molar-refractivity contribution < 1.29 is 17.6 Å². The largest absolute Gasteiger partial charge is 0.351 e. The van der Waals surface area contributed by atoms with E-state index in [4.69, 9.17) is 0 Å². The van der Waals surface area contributed by atoms with Crippen molar-refractivity contribution in [1.82, 2.24) is 19.9 Å². The van der Waals surface area contributed by atoms with E-state index < -0.39 is 29.0 Å². The van der Waals surface area contributed by atoms with Gasteiger partial charge in [-0.2, -0.15) is 0 Å². The van der Waals surface area contributed by atoms with Gasteiger partial charge < -0.3 is 10.6 Å². The molecule has 0 spiro atoms. The highest BCUT2D eigenvalue weighted by atomic mass is 19.2. The molecule has 0 amide bonds. The Morgan fingerprint density at radius 3 is 2.52 bits per heavy atom. The van der Waals surface area contributed by atoms with Crippen LogP contribution in [0.4, 0.5) is 35.0 Å². The number of halogens is 4. The van der Waals surface area contributed by atoms with Gasteiger partial charge in [-0.25, -0.2) is 37.5 Å². The van der Waals surface area contributed by atoms with Crippen LogP contribution in [0.15, 0.2) is 18.6 Å². The predicted molar refractivity (Wildman–Crippen MR) is 81.3 cm³/mol. The van der Waals surface area contributed by atoms with Crippen molar-refractivity contribution >= 4 is 28.5 Å². The fourth-order valence-corrected chi connectivity index (χ4v) is 2.22. The van der Waals surface area contributed by atoms with E-state index >= 15 is 0 Å². The summed E-state index contributed by atoms with van der Waals surface area (Å²) >= 11 is 0. The molecular weight excluding hydrogens is 340 g/mol. The zero-order chi connectivity index (χ0) is 17.6. The van der Waals surface area contributed by atoms with Gasteiger partial charge in [0.05, 0.1) is 11.9 Å². The fraction of sp³-hybridized carbons (Fsp3) is 0.200. The molecule has 6 nitrogen and oxygen atoms in total. The Hall–Kier alpha value is -3.04. The monoisotopic (exact) mass is 350 g/mol. The molecule has 1 fully saturated rings. The van der Waals surface area contributed by atoms with Gasteiger partial charge in [-0.3, -0.25) is 0 Å². The number of benzene rings is 1. The standard InChI is InChI=1S/C15H10F4N6/c16-7-3-8(11(18)12(19)10(7)17)24-14-13-9(21-5-22-14)4-20-15(25-13)23-6-1-2-6/h3-6H,1-2H2,(H,20,23,25)(H,21,22,24). The minimum atomic E-state index is -1.91. The second kappa shape index (κ2) is 5.80.